The number of H-pyrrole nitrogens is 1. The van der Waals surface area contributed by atoms with Gasteiger partial charge in [0.25, 0.3) is 0 Å². The van der Waals surface area contributed by atoms with Crippen molar-refractivity contribution in [2.24, 2.45) is 0 Å². The lowest BCUT2D eigenvalue weighted by atomic mass is 10.2. The Morgan fingerprint density at radius 2 is 2.35 bits per heavy atom. The molecule has 2 N–H and O–H groups in total. The monoisotopic (exact) mass is 292 g/mol. The number of nitriles is 1. The molecular weight excluding hydrogens is 284 g/mol. The molecule has 1 unspecified atom stereocenters. The van der Waals surface area contributed by atoms with Gasteiger partial charge in [0, 0.05) is 4.47 Å². The number of hydrogen-bond donors (Lipinski definition) is 2. The predicted molar refractivity (Wildman–Crippen MR) is 65.1 cm³/mol. The predicted octanol–water partition coefficient (Wildman–Crippen LogP) is 2.01. The summed E-state index contributed by atoms with van der Waals surface area (Å²) in [6, 6.07) is 7.52. The summed E-state index contributed by atoms with van der Waals surface area (Å²) in [4.78, 5) is 0. The molecule has 6 nitrogen and oxygen atoms in total. The third kappa shape index (κ3) is 2.42. The van der Waals surface area contributed by atoms with E-state index in [-0.39, 0.29) is 6.04 Å². The summed E-state index contributed by atoms with van der Waals surface area (Å²) in [5.74, 6) is 0.550. The Bertz CT molecular complexity index is 544. The van der Waals surface area contributed by atoms with Gasteiger partial charge < -0.3 is 5.32 Å². The average Bonchev–Trinajstić information content (AvgIpc) is 2.82. The lowest BCUT2D eigenvalue weighted by molar-refractivity contribution is 0.793. The molecule has 1 atom stereocenters. The molecule has 0 radical (unpaired) electrons. The van der Waals surface area contributed by atoms with Crippen LogP contribution in [0.1, 0.15) is 24.4 Å². The zero-order valence-electron chi connectivity index (χ0n) is 8.98. The van der Waals surface area contributed by atoms with Gasteiger partial charge in [0.1, 0.15) is 6.07 Å². The van der Waals surface area contributed by atoms with E-state index in [0.29, 0.717) is 11.4 Å². The second-order valence-corrected chi connectivity index (χ2v) is 4.26. The minimum atomic E-state index is -0.129. The minimum absolute atomic E-state index is 0.129. The van der Waals surface area contributed by atoms with Gasteiger partial charge in [0.15, 0.2) is 5.82 Å². The maximum Gasteiger partial charge on any atom is 0.196 e. The Balaban J connectivity index is 2.25. The largest absolute Gasteiger partial charge is 0.374 e. The van der Waals surface area contributed by atoms with Crippen LogP contribution in [-0.4, -0.2) is 20.6 Å². The molecule has 17 heavy (non-hydrogen) atoms. The van der Waals surface area contributed by atoms with Crippen LogP contribution >= 0.6 is 15.9 Å². The van der Waals surface area contributed by atoms with E-state index < -0.39 is 0 Å². The molecule has 0 amide bonds. The number of tetrazole rings is 1. The molecule has 0 aliphatic heterocycles. The van der Waals surface area contributed by atoms with Crippen LogP contribution in [0.3, 0.4) is 0 Å². The highest BCUT2D eigenvalue weighted by molar-refractivity contribution is 9.10. The van der Waals surface area contributed by atoms with Crippen LogP contribution in [0.15, 0.2) is 22.7 Å². The van der Waals surface area contributed by atoms with Crippen molar-refractivity contribution in [2.45, 2.75) is 13.0 Å². The molecule has 0 saturated heterocycles. The third-order valence-corrected chi connectivity index (χ3v) is 2.91. The Morgan fingerprint density at radius 3 is 3.00 bits per heavy atom. The van der Waals surface area contributed by atoms with E-state index in [1.165, 1.54) is 0 Å². The highest BCUT2D eigenvalue weighted by atomic mass is 79.9. The molecule has 86 valence electrons. The van der Waals surface area contributed by atoms with Gasteiger partial charge in [-0.3, -0.25) is 0 Å². The standard InChI is InChI=1S/C10H9BrN6/c1-6(10-14-16-17-15-10)13-9-4-2-3-8(11)7(9)5-12/h2-4,6,13H,1H3,(H,14,15,16,17). The maximum absolute atomic E-state index is 9.07. The molecule has 0 aliphatic carbocycles. The summed E-state index contributed by atoms with van der Waals surface area (Å²) in [7, 11) is 0. The van der Waals surface area contributed by atoms with Crippen LogP contribution in [0.25, 0.3) is 0 Å². The van der Waals surface area contributed by atoms with E-state index in [1.807, 2.05) is 25.1 Å². The first-order valence-electron chi connectivity index (χ1n) is 4.91. The van der Waals surface area contributed by atoms with Gasteiger partial charge in [0.2, 0.25) is 0 Å². The first kappa shape index (κ1) is 11.5. The molecule has 0 aliphatic rings. The topological polar surface area (TPSA) is 90.3 Å². The fourth-order valence-electron chi connectivity index (χ4n) is 1.41. The van der Waals surface area contributed by atoms with Crippen LogP contribution in [0.5, 0.6) is 0 Å². The summed E-state index contributed by atoms with van der Waals surface area (Å²) in [5, 5.41) is 25.9. The molecule has 2 rings (SSSR count). The zero-order chi connectivity index (χ0) is 12.3. The third-order valence-electron chi connectivity index (χ3n) is 2.25. The highest BCUT2D eigenvalue weighted by Gasteiger charge is 2.13. The van der Waals surface area contributed by atoms with E-state index in [9.17, 15) is 0 Å². The molecule has 1 aromatic heterocycles. The molecular formula is C10H9BrN6. The van der Waals surface area contributed by atoms with E-state index in [4.69, 9.17) is 5.26 Å². The van der Waals surface area contributed by atoms with Gasteiger partial charge in [0.05, 0.1) is 17.3 Å². The van der Waals surface area contributed by atoms with Crippen LogP contribution in [0, 0.1) is 11.3 Å². The summed E-state index contributed by atoms with van der Waals surface area (Å²) in [5.41, 5.74) is 1.29. The van der Waals surface area contributed by atoms with Crippen LogP contribution < -0.4 is 5.32 Å². The number of aromatic nitrogens is 4. The van der Waals surface area contributed by atoms with Crippen molar-refractivity contribution in [3.8, 4) is 6.07 Å². The lowest BCUT2D eigenvalue weighted by Crippen LogP contribution is -2.09. The summed E-state index contributed by atoms with van der Waals surface area (Å²) in [6.45, 7) is 1.90. The average molecular weight is 293 g/mol. The number of rotatable bonds is 3. The van der Waals surface area contributed by atoms with Crippen LogP contribution in [-0.2, 0) is 0 Å². The van der Waals surface area contributed by atoms with Crippen molar-refractivity contribution >= 4 is 21.6 Å². The van der Waals surface area contributed by atoms with Gasteiger partial charge >= 0.3 is 0 Å². The quantitative estimate of drug-likeness (QED) is 0.903. The van der Waals surface area contributed by atoms with Gasteiger partial charge in [-0.15, -0.1) is 10.2 Å². The van der Waals surface area contributed by atoms with Crippen molar-refractivity contribution in [1.82, 2.24) is 20.6 Å². The number of anilines is 1. The molecule has 1 heterocycles. The summed E-state index contributed by atoms with van der Waals surface area (Å²) < 4.78 is 0.755. The van der Waals surface area contributed by atoms with Crippen molar-refractivity contribution < 1.29 is 0 Å². The second-order valence-electron chi connectivity index (χ2n) is 3.41. The molecule has 0 spiro atoms. The Kier molecular flexibility index (Phi) is 3.35. The highest BCUT2D eigenvalue weighted by Crippen LogP contribution is 2.26. The number of nitrogens with one attached hydrogen (secondary N) is 2. The van der Waals surface area contributed by atoms with Gasteiger partial charge in [-0.2, -0.15) is 10.5 Å². The van der Waals surface area contributed by atoms with Crippen molar-refractivity contribution in [2.75, 3.05) is 5.32 Å². The number of halogens is 1. The Hall–Kier alpha value is -1.94. The molecule has 0 bridgehead atoms. The molecule has 7 heteroatoms. The van der Waals surface area contributed by atoms with Crippen molar-refractivity contribution in [1.29, 1.82) is 5.26 Å². The van der Waals surface area contributed by atoms with Crippen LogP contribution in [0.2, 0.25) is 0 Å². The minimum Gasteiger partial charge on any atom is -0.374 e. The molecule has 2 aromatic rings. The first-order valence-corrected chi connectivity index (χ1v) is 5.70. The van der Waals surface area contributed by atoms with Crippen LogP contribution in [0.4, 0.5) is 5.69 Å². The van der Waals surface area contributed by atoms with E-state index >= 15 is 0 Å². The Morgan fingerprint density at radius 1 is 1.53 bits per heavy atom. The number of hydrogen-bond acceptors (Lipinski definition) is 5. The number of benzene rings is 1. The van der Waals surface area contributed by atoms with Crippen molar-refractivity contribution in [3.05, 3.63) is 34.1 Å². The SMILES string of the molecule is CC(Nc1cccc(Br)c1C#N)c1nn[nH]n1. The normalized spacial score (nSPS) is 11.8. The number of aromatic amines is 1. The lowest BCUT2D eigenvalue weighted by Gasteiger charge is -2.13. The van der Waals surface area contributed by atoms with Gasteiger partial charge in [-0.25, -0.2) is 0 Å². The molecule has 0 fully saturated rings. The number of nitrogens with zero attached hydrogens (tertiary/aromatic N) is 4. The van der Waals surface area contributed by atoms with Crippen molar-refractivity contribution in [3.63, 3.8) is 0 Å². The van der Waals surface area contributed by atoms with Gasteiger partial charge in [-0.05, 0) is 35.0 Å². The Labute approximate surface area is 106 Å². The van der Waals surface area contributed by atoms with E-state index in [0.717, 1.165) is 10.2 Å². The zero-order valence-corrected chi connectivity index (χ0v) is 10.6. The fourth-order valence-corrected chi connectivity index (χ4v) is 1.86. The molecule has 0 saturated carbocycles. The summed E-state index contributed by atoms with van der Waals surface area (Å²) >= 11 is 3.33. The maximum atomic E-state index is 9.07. The first-order chi connectivity index (χ1) is 8.22. The van der Waals surface area contributed by atoms with E-state index in [2.05, 4.69) is 47.9 Å². The second kappa shape index (κ2) is 4.93. The molecule has 1 aromatic carbocycles. The summed E-state index contributed by atoms with van der Waals surface area (Å²) in [6.07, 6.45) is 0. The smallest absolute Gasteiger partial charge is 0.196 e. The fraction of sp³-hybridized carbons (Fsp3) is 0.200. The van der Waals surface area contributed by atoms with E-state index in [1.54, 1.807) is 0 Å². The van der Waals surface area contributed by atoms with Gasteiger partial charge in [-0.1, -0.05) is 11.3 Å².